The third-order valence-electron chi connectivity index (χ3n) is 5.30. The molecule has 3 aromatic rings. The monoisotopic (exact) mass is 464 g/mol. The molecule has 1 amide bonds. The molecular weight excluding hydrogens is 443 g/mol. The number of halogens is 3. The van der Waals surface area contributed by atoms with E-state index in [4.69, 9.17) is 23.2 Å². The van der Waals surface area contributed by atoms with Gasteiger partial charge in [0.2, 0.25) is 0 Å². The van der Waals surface area contributed by atoms with Gasteiger partial charge in [0.1, 0.15) is 0 Å². The number of aryl methyl sites for hydroxylation is 1. The molecule has 1 aromatic heterocycles. The standard InChI is InChI=1S/C22H22Cl2N4O.ClH/c1-14-2-3-17(24)12-20(14)27-22(29)19-13-26-28(18-6-4-16(23)5-7-18)21(19)15-8-10-25-11-9-15;/h2-7,12-13,15,25H,8-11H2,1H3,(H,27,29);1H. The second-order valence-corrected chi connectivity index (χ2v) is 8.14. The van der Waals surface area contributed by atoms with Gasteiger partial charge in [-0.1, -0.05) is 29.3 Å². The van der Waals surface area contributed by atoms with E-state index in [0.717, 1.165) is 42.9 Å². The number of carbonyl (C=O) groups excluding carboxylic acids is 1. The highest BCUT2D eigenvalue weighted by Gasteiger charge is 2.27. The second-order valence-electron chi connectivity index (χ2n) is 7.27. The molecule has 8 heteroatoms. The minimum atomic E-state index is -0.177. The minimum absolute atomic E-state index is 0. The van der Waals surface area contributed by atoms with Crippen molar-refractivity contribution in [2.45, 2.75) is 25.7 Å². The number of benzene rings is 2. The molecule has 0 atom stereocenters. The Balaban J connectivity index is 0.00000256. The smallest absolute Gasteiger partial charge is 0.259 e. The number of carbonyl (C=O) groups is 1. The van der Waals surface area contributed by atoms with Gasteiger partial charge in [0.25, 0.3) is 5.91 Å². The summed E-state index contributed by atoms with van der Waals surface area (Å²) in [7, 11) is 0. The van der Waals surface area contributed by atoms with Crippen molar-refractivity contribution >= 4 is 47.2 Å². The Bertz CT molecular complexity index is 1030. The molecule has 158 valence electrons. The van der Waals surface area contributed by atoms with Crippen molar-refractivity contribution < 1.29 is 4.79 Å². The Morgan fingerprint density at radius 3 is 2.47 bits per heavy atom. The molecule has 5 nitrogen and oxygen atoms in total. The predicted octanol–water partition coefficient (Wildman–Crippen LogP) is 5.63. The quantitative estimate of drug-likeness (QED) is 0.525. The molecule has 30 heavy (non-hydrogen) atoms. The maximum atomic E-state index is 13.2. The number of aromatic nitrogens is 2. The van der Waals surface area contributed by atoms with E-state index in [9.17, 15) is 4.79 Å². The Morgan fingerprint density at radius 1 is 1.10 bits per heavy atom. The number of nitrogens with one attached hydrogen (secondary N) is 2. The molecule has 1 fully saturated rings. The van der Waals surface area contributed by atoms with E-state index < -0.39 is 0 Å². The van der Waals surface area contributed by atoms with Crippen LogP contribution < -0.4 is 10.6 Å². The van der Waals surface area contributed by atoms with Crippen molar-refractivity contribution in [3.63, 3.8) is 0 Å². The van der Waals surface area contributed by atoms with Crippen LogP contribution >= 0.6 is 35.6 Å². The first-order valence-corrected chi connectivity index (χ1v) is 10.4. The van der Waals surface area contributed by atoms with Crippen LogP contribution in [0.5, 0.6) is 0 Å². The summed E-state index contributed by atoms with van der Waals surface area (Å²) in [5, 5.41) is 12.2. The number of anilines is 1. The molecule has 1 aliphatic heterocycles. The summed E-state index contributed by atoms with van der Waals surface area (Å²) in [4.78, 5) is 13.2. The van der Waals surface area contributed by atoms with E-state index in [1.165, 1.54) is 0 Å². The molecule has 2 N–H and O–H groups in total. The largest absolute Gasteiger partial charge is 0.322 e. The molecule has 0 spiro atoms. The number of piperidine rings is 1. The first-order valence-electron chi connectivity index (χ1n) is 9.65. The van der Waals surface area contributed by atoms with E-state index in [0.29, 0.717) is 21.3 Å². The molecule has 2 heterocycles. The first-order chi connectivity index (χ1) is 14.0. The van der Waals surface area contributed by atoms with Crippen LogP contribution in [0.1, 0.15) is 40.4 Å². The SMILES string of the molecule is Cc1ccc(Cl)cc1NC(=O)c1cnn(-c2ccc(Cl)cc2)c1C1CCNCC1.Cl. The highest BCUT2D eigenvalue weighted by atomic mass is 35.5. The van der Waals surface area contributed by atoms with E-state index >= 15 is 0 Å². The van der Waals surface area contributed by atoms with Gasteiger partial charge < -0.3 is 10.6 Å². The zero-order valence-electron chi connectivity index (χ0n) is 16.5. The number of hydrogen-bond acceptors (Lipinski definition) is 3. The van der Waals surface area contributed by atoms with Gasteiger partial charge in [0.15, 0.2) is 0 Å². The van der Waals surface area contributed by atoms with Crippen molar-refractivity contribution in [3.05, 3.63) is 75.5 Å². The molecule has 1 aliphatic rings. The lowest BCUT2D eigenvalue weighted by atomic mass is 9.91. The van der Waals surface area contributed by atoms with Crippen molar-refractivity contribution in [2.75, 3.05) is 18.4 Å². The predicted molar refractivity (Wildman–Crippen MR) is 125 cm³/mol. The Morgan fingerprint density at radius 2 is 1.77 bits per heavy atom. The fourth-order valence-corrected chi connectivity index (χ4v) is 4.03. The zero-order valence-corrected chi connectivity index (χ0v) is 18.8. The van der Waals surface area contributed by atoms with Crippen LogP contribution in [0.2, 0.25) is 10.0 Å². The lowest BCUT2D eigenvalue weighted by molar-refractivity contribution is 0.102. The van der Waals surface area contributed by atoms with Gasteiger partial charge in [-0.3, -0.25) is 4.79 Å². The van der Waals surface area contributed by atoms with Gasteiger partial charge in [-0.15, -0.1) is 12.4 Å². The van der Waals surface area contributed by atoms with Gasteiger partial charge in [-0.25, -0.2) is 4.68 Å². The topological polar surface area (TPSA) is 59.0 Å². The molecular formula is C22H23Cl3N4O. The third-order valence-corrected chi connectivity index (χ3v) is 5.78. The lowest BCUT2D eigenvalue weighted by Gasteiger charge is -2.24. The van der Waals surface area contributed by atoms with Crippen LogP contribution in [0.25, 0.3) is 5.69 Å². The molecule has 1 saturated heterocycles. The Kier molecular flexibility index (Phi) is 7.42. The average molecular weight is 466 g/mol. The highest BCUT2D eigenvalue weighted by Crippen LogP contribution is 2.31. The van der Waals surface area contributed by atoms with Crippen LogP contribution in [0.4, 0.5) is 5.69 Å². The molecule has 0 saturated carbocycles. The van der Waals surface area contributed by atoms with Crippen LogP contribution in [-0.4, -0.2) is 28.8 Å². The van der Waals surface area contributed by atoms with Gasteiger partial charge >= 0.3 is 0 Å². The fraction of sp³-hybridized carbons (Fsp3) is 0.273. The molecule has 0 aliphatic carbocycles. The average Bonchev–Trinajstić information content (AvgIpc) is 3.17. The summed E-state index contributed by atoms with van der Waals surface area (Å²) < 4.78 is 1.87. The molecule has 0 unspecified atom stereocenters. The maximum absolute atomic E-state index is 13.2. The summed E-state index contributed by atoms with van der Waals surface area (Å²) in [5.74, 6) is 0.0692. The number of rotatable bonds is 4. The highest BCUT2D eigenvalue weighted by molar-refractivity contribution is 6.31. The summed E-state index contributed by atoms with van der Waals surface area (Å²) in [6, 6.07) is 13.0. The van der Waals surface area contributed by atoms with Crippen LogP contribution in [0.15, 0.2) is 48.7 Å². The van der Waals surface area contributed by atoms with Gasteiger partial charge in [0, 0.05) is 21.7 Å². The van der Waals surface area contributed by atoms with Crippen molar-refractivity contribution in [1.29, 1.82) is 0 Å². The van der Waals surface area contributed by atoms with E-state index in [-0.39, 0.29) is 24.2 Å². The fourth-order valence-electron chi connectivity index (χ4n) is 3.73. The molecule has 4 rings (SSSR count). The summed E-state index contributed by atoms with van der Waals surface area (Å²) in [6.45, 7) is 3.78. The first kappa shape index (κ1) is 22.6. The van der Waals surface area contributed by atoms with Gasteiger partial charge in [-0.2, -0.15) is 5.10 Å². The van der Waals surface area contributed by atoms with Crippen molar-refractivity contribution in [1.82, 2.24) is 15.1 Å². The van der Waals surface area contributed by atoms with Crippen molar-refractivity contribution in [2.24, 2.45) is 0 Å². The number of hydrogen-bond donors (Lipinski definition) is 2. The minimum Gasteiger partial charge on any atom is -0.322 e. The number of nitrogens with zero attached hydrogens (tertiary/aromatic N) is 2. The van der Waals surface area contributed by atoms with E-state index in [1.54, 1.807) is 12.3 Å². The Labute approximate surface area is 192 Å². The zero-order chi connectivity index (χ0) is 20.4. The van der Waals surface area contributed by atoms with E-state index in [1.807, 2.05) is 48.0 Å². The van der Waals surface area contributed by atoms with Gasteiger partial charge in [0.05, 0.1) is 23.1 Å². The van der Waals surface area contributed by atoms with Gasteiger partial charge in [-0.05, 0) is 74.8 Å². The Hall–Kier alpha value is -2.05. The van der Waals surface area contributed by atoms with E-state index in [2.05, 4.69) is 15.7 Å². The van der Waals surface area contributed by atoms with Crippen molar-refractivity contribution in [3.8, 4) is 5.69 Å². The summed E-state index contributed by atoms with van der Waals surface area (Å²) >= 11 is 12.2. The summed E-state index contributed by atoms with van der Waals surface area (Å²) in [6.07, 6.45) is 3.56. The molecule has 0 bridgehead atoms. The maximum Gasteiger partial charge on any atom is 0.259 e. The number of amides is 1. The summed E-state index contributed by atoms with van der Waals surface area (Å²) in [5.41, 5.74) is 4.08. The lowest BCUT2D eigenvalue weighted by Crippen LogP contribution is -2.29. The van der Waals surface area contributed by atoms with Crippen LogP contribution in [-0.2, 0) is 0 Å². The normalized spacial score (nSPS) is 14.2. The second kappa shape index (κ2) is 9.84. The van der Waals surface area contributed by atoms with Crippen LogP contribution in [0.3, 0.4) is 0 Å². The molecule has 0 radical (unpaired) electrons. The molecule has 2 aromatic carbocycles. The third kappa shape index (κ3) is 4.81. The van der Waals surface area contributed by atoms with Crippen LogP contribution in [0, 0.1) is 6.92 Å².